The maximum Gasteiger partial charge on any atom is 0.228 e. The summed E-state index contributed by atoms with van der Waals surface area (Å²) in [7, 11) is 3.82. The van der Waals surface area contributed by atoms with Crippen LogP contribution in [-0.2, 0) is 19.4 Å². The molecule has 0 fully saturated rings. The Hall–Kier alpha value is -2.37. The third-order valence-electron chi connectivity index (χ3n) is 3.62. The van der Waals surface area contributed by atoms with Crippen molar-refractivity contribution in [2.75, 3.05) is 20.6 Å². The summed E-state index contributed by atoms with van der Waals surface area (Å²) in [5, 5.41) is 7.10. The van der Waals surface area contributed by atoms with Crippen molar-refractivity contribution in [3.05, 3.63) is 47.1 Å². The number of benzene rings is 1. The van der Waals surface area contributed by atoms with Gasteiger partial charge in [-0.1, -0.05) is 36.3 Å². The van der Waals surface area contributed by atoms with Crippen molar-refractivity contribution in [3.8, 4) is 0 Å². The maximum absolute atomic E-state index is 5.10. The van der Waals surface area contributed by atoms with E-state index in [1.807, 2.05) is 14.0 Å². The summed E-state index contributed by atoms with van der Waals surface area (Å²) in [5.41, 5.74) is 2.62. The van der Waals surface area contributed by atoms with E-state index >= 15 is 0 Å². The van der Waals surface area contributed by atoms with Crippen molar-refractivity contribution in [3.63, 3.8) is 0 Å². The maximum atomic E-state index is 5.10. The summed E-state index contributed by atoms with van der Waals surface area (Å²) in [6.45, 7) is 5.49. The molecule has 1 N–H and O–H groups in total. The monoisotopic (exact) mass is 315 g/mol. The topological polar surface area (TPSA) is 66.5 Å². The SMILES string of the molecule is CCc1ccc(CN(C)C(=NC)NCCc2nc(C)no2)cc1. The molecule has 2 aromatic rings. The first kappa shape index (κ1) is 17.0. The molecular weight excluding hydrogens is 290 g/mol. The van der Waals surface area contributed by atoms with Gasteiger partial charge >= 0.3 is 0 Å². The minimum atomic E-state index is 0.642. The van der Waals surface area contributed by atoms with E-state index in [4.69, 9.17) is 4.52 Å². The Labute approximate surface area is 137 Å². The lowest BCUT2D eigenvalue weighted by Gasteiger charge is -2.22. The zero-order valence-corrected chi connectivity index (χ0v) is 14.3. The van der Waals surface area contributed by atoms with Crippen molar-refractivity contribution in [2.45, 2.75) is 33.2 Å². The summed E-state index contributed by atoms with van der Waals surface area (Å²) in [4.78, 5) is 10.6. The second-order valence-corrected chi connectivity index (χ2v) is 5.49. The minimum absolute atomic E-state index is 0.642. The number of aromatic nitrogens is 2. The number of aryl methyl sites for hydroxylation is 2. The minimum Gasteiger partial charge on any atom is -0.356 e. The molecule has 124 valence electrons. The van der Waals surface area contributed by atoms with Crippen molar-refractivity contribution in [1.29, 1.82) is 0 Å². The van der Waals surface area contributed by atoms with Crippen molar-refractivity contribution < 1.29 is 4.52 Å². The molecule has 0 bridgehead atoms. The van der Waals surface area contributed by atoms with E-state index in [2.05, 4.69) is 56.5 Å². The van der Waals surface area contributed by atoms with Crippen LogP contribution < -0.4 is 5.32 Å². The molecule has 0 saturated heterocycles. The first-order chi connectivity index (χ1) is 11.1. The molecule has 1 aromatic heterocycles. The number of rotatable bonds is 6. The average molecular weight is 315 g/mol. The molecule has 0 aliphatic rings. The molecule has 0 aliphatic heterocycles. The highest BCUT2D eigenvalue weighted by molar-refractivity contribution is 5.79. The zero-order valence-electron chi connectivity index (χ0n) is 14.3. The quantitative estimate of drug-likeness (QED) is 0.654. The molecule has 6 heteroatoms. The molecule has 23 heavy (non-hydrogen) atoms. The molecule has 1 aromatic carbocycles. The molecule has 2 rings (SSSR count). The van der Waals surface area contributed by atoms with E-state index in [1.165, 1.54) is 11.1 Å². The summed E-state index contributed by atoms with van der Waals surface area (Å²) in [6.07, 6.45) is 1.74. The molecule has 0 spiro atoms. The van der Waals surface area contributed by atoms with Gasteiger partial charge in [0.25, 0.3) is 0 Å². The van der Waals surface area contributed by atoms with Crippen LogP contribution in [0.5, 0.6) is 0 Å². The lowest BCUT2D eigenvalue weighted by molar-refractivity contribution is 0.373. The normalized spacial score (nSPS) is 11.6. The van der Waals surface area contributed by atoms with E-state index in [9.17, 15) is 0 Å². The fourth-order valence-electron chi connectivity index (χ4n) is 2.34. The molecule has 0 amide bonds. The lowest BCUT2D eigenvalue weighted by Crippen LogP contribution is -2.39. The third kappa shape index (κ3) is 5.09. The van der Waals surface area contributed by atoms with E-state index in [0.29, 0.717) is 24.7 Å². The highest BCUT2D eigenvalue weighted by Crippen LogP contribution is 2.07. The molecule has 6 nitrogen and oxygen atoms in total. The smallest absolute Gasteiger partial charge is 0.228 e. The Morgan fingerprint density at radius 3 is 2.52 bits per heavy atom. The Bertz CT molecular complexity index is 633. The lowest BCUT2D eigenvalue weighted by atomic mass is 10.1. The molecule has 1 heterocycles. The highest BCUT2D eigenvalue weighted by atomic mass is 16.5. The molecule has 0 radical (unpaired) electrons. The Morgan fingerprint density at radius 2 is 1.96 bits per heavy atom. The summed E-state index contributed by atoms with van der Waals surface area (Å²) < 4.78 is 5.10. The number of hydrogen-bond acceptors (Lipinski definition) is 4. The fourth-order valence-corrected chi connectivity index (χ4v) is 2.34. The number of hydrogen-bond donors (Lipinski definition) is 1. The fraction of sp³-hybridized carbons (Fsp3) is 0.471. The summed E-state index contributed by atoms with van der Waals surface area (Å²) >= 11 is 0. The van der Waals surface area contributed by atoms with Crippen LogP contribution in [0.3, 0.4) is 0 Å². The Balaban J connectivity index is 1.84. The molecule has 0 aliphatic carbocycles. The van der Waals surface area contributed by atoms with Gasteiger partial charge in [-0.05, 0) is 24.5 Å². The van der Waals surface area contributed by atoms with Crippen LogP contribution in [0.2, 0.25) is 0 Å². The summed E-state index contributed by atoms with van der Waals surface area (Å²) in [5.74, 6) is 2.15. The van der Waals surface area contributed by atoms with Crippen LogP contribution in [0.1, 0.15) is 29.8 Å². The zero-order chi connectivity index (χ0) is 16.7. The first-order valence-corrected chi connectivity index (χ1v) is 7.91. The average Bonchev–Trinajstić information content (AvgIpc) is 2.97. The van der Waals surface area contributed by atoms with Gasteiger partial charge in [0.15, 0.2) is 11.8 Å². The second kappa shape index (κ2) is 8.31. The van der Waals surface area contributed by atoms with Gasteiger partial charge in [-0.3, -0.25) is 4.99 Å². The van der Waals surface area contributed by atoms with Crippen LogP contribution in [0.25, 0.3) is 0 Å². The third-order valence-corrected chi connectivity index (χ3v) is 3.62. The first-order valence-electron chi connectivity index (χ1n) is 7.91. The van der Waals surface area contributed by atoms with Gasteiger partial charge in [0.1, 0.15) is 0 Å². The standard InChI is InChI=1S/C17H25N5O/c1-5-14-6-8-15(9-7-14)12-22(4)17(18-3)19-11-10-16-20-13(2)21-23-16/h6-9H,5,10-12H2,1-4H3,(H,18,19). The van der Waals surface area contributed by atoms with E-state index in [0.717, 1.165) is 18.9 Å². The van der Waals surface area contributed by atoms with Gasteiger partial charge in [0, 0.05) is 33.6 Å². The largest absolute Gasteiger partial charge is 0.356 e. The van der Waals surface area contributed by atoms with Crippen molar-refractivity contribution >= 4 is 5.96 Å². The highest BCUT2D eigenvalue weighted by Gasteiger charge is 2.08. The van der Waals surface area contributed by atoms with Crippen LogP contribution in [0.4, 0.5) is 0 Å². The van der Waals surface area contributed by atoms with Gasteiger partial charge in [0.2, 0.25) is 5.89 Å². The van der Waals surface area contributed by atoms with Crippen molar-refractivity contribution in [2.24, 2.45) is 4.99 Å². The summed E-state index contributed by atoms with van der Waals surface area (Å²) in [6, 6.07) is 8.70. The predicted octanol–water partition coefficient (Wildman–Crippen LogP) is 2.19. The van der Waals surface area contributed by atoms with Crippen LogP contribution in [0.15, 0.2) is 33.8 Å². The van der Waals surface area contributed by atoms with E-state index in [-0.39, 0.29) is 0 Å². The van der Waals surface area contributed by atoms with E-state index in [1.54, 1.807) is 7.05 Å². The van der Waals surface area contributed by atoms with Crippen LogP contribution in [-0.4, -0.2) is 41.6 Å². The molecule has 0 atom stereocenters. The van der Waals surface area contributed by atoms with Crippen LogP contribution in [0, 0.1) is 6.92 Å². The van der Waals surface area contributed by atoms with Crippen molar-refractivity contribution in [1.82, 2.24) is 20.4 Å². The van der Waals surface area contributed by atoms with Gasteiger partial charge in [-0.15, -0.1) is 0 Å². The van der Waals surface area contributed by atoms with Gasteiger partial charge in [-0.2, -0.15) is 4.98 Å². The number of guanidine groups is 1. The van der Waals surface area contributed by atoms with E-state index < -0.39 is 0 Å². The Morgan fingerprint density at radius 1 is 1.26 bits per heavy atom. The number of aliphatic imine (C=N–C) groups is 1. The predicted molar refractivity (Wildman–Crippen MR) is 91.4 cm³/mol. The van der Waals surface area contributed by atoms with Gasteiger partial charge < -0.3 is 14.7 Å². The van der Waals surface area contributed by atoms with Gasteiger partial charge in [-0.25, -0.2) is 0 Å². The molecule has 0 saturated carbocycles. The molecular formula is C17H25N5O. The number of nitrogens with zero attached hydrogens (tertiary/aromatic N) is 4. The second-order valence-electron chi connectivity index (χ2n) is 5.49. The number of nitrogens with one attached hydrogen (secondary N) is 1. The molecule has 0 unspecified atom stereocenters. The van der Waals surface area contributed by atoms with Crippen LogP contribution >= 0.6 is 0 Å². The van der Waals surface area contributed by atoms with Gasteiger partial charge in [0.05, 0.1) is 0 Å². The Kier molecular flexibility index (Phi) is 6.14.